The van der Waals surface area contributed by atoms with E-state index in [9.17, 15) is 9.90 Å². The summed E-state index contributed by atoms with van der Waals surface area (Å²) in [6, 6.07) is 6.46. The van der Waals surface area contributed by atoms with Gasteiger partial charge in [-0.15, -0.1) is 11.3 Å². The number of fused-ring (bicyclic) bond motifs is 1. The van der Waals surface area contributed by atoms with Gasteiger partial charge in [0.15, 0.2) is 0 Å². The lowest BCUT2D eigenvalue weighted by atomic mass is 9.75. The number of carbonyl (C=O) groups is 1. The number of benzene rings is 1. The monoisotopic (exact) mass is 408 g/mol. The molecule has 0 fully saturated rings. The Morgan fingerprint density at radius 3 is 2.75 bits per heavy atom. The maximum Gasteiger partial charge on any atom is 0.407 e. The van der Waals surface area contributed by atoms with Crippen molar-refractivity contribution >= 4 is 33.4 Å². The third-order valence-corrected chi connectivity index (χ3v) is 6.14. The summed E-state index contributed by atoms with van der Waals surface area (Å²) in [4.78, 5) is 17.5. The van der Waals surface area contributed by atoms with Crippen molar-refractivity contribution < 1.29 is 9.90 Å². The quantitative estimate of drug-likeness (QED) is 0.701. The molecule has 1 N–H and O–H groups in total. The second kappa shape index (κ2) is 6.48. The standard InChI is InChI=1S/C18H21BrN2O2S/c1-18(2,3)14-10-21(17(22)23)7-6-11-8-12(4-5-13(11)14)16-20-9-15(19)24-16/h4-5,8-9,14H,6-7,10H2,1-3H3,(H,22,23). The van der Waals surface area contributed by atoms with Crippen molar-refractivity contribution in [2.75, 3.05) is 13.1 Å². The molecule has 2 heterocycles. The van der Waals surface area contributed by atoms with Crippen molar-refractivity contribution in [1.82, 2.24) is 9.88 Å². The van der Waals surface area contributed by atoms with Crippen molar-refractivity contribution in [1.29, 1.82) is 0 Å². The van der Waals surface area contributed by atoms with Crippen molar-refractivity contribution in [2.24, 2.45) is 5.41 Å². The molecule has 0 saturated heterocycles. The molecule has 3 rings (SSSR count). The van der Waals surface area contributed by atoms with Crippen molar-refractivity contribution in [3.63, 3.8) is 0 Å². The number of carboxylic acid groups (broad SMARTS) is 1. The molecule has 2 aromatic rings. The molecule has 0 spiro atoms. The van der Waals surface area contributed by atoms with Gasteiger partial charge in [-0.3, -0.25) is 0 Å². The molecule has 0 radical (unpaired) electrons. The van der Waals surface area contributed by atoms with Gasteiger partial charge in [0.05, 0.1) is 9.98 Å². The van der Waals surface area contributed by atoms with E-state index in [1.165, 1.54) is 11.1 Å². The van der Waals surface area contributed by atoms with Gasteiger partial charge in [0, 0.05) is 24.6 Å². The molecule has 1 unspecified atom stereocenters. The lowest BCUT2D eigenvalue weighted by Crippen LogP contribution is -2.36. The first-order valence-corrected chi connectivity index (χ1v) is 9.59. The summed E-state index contributed by atoms with van der Waals surface area (Å²) < 4.78 is 1.01. The summed E-state index contributed by atoms with van der Waals surface area (Å²) in [5.41, 5.74) is 3.60. The van der Waals surface area contributed by atoms with Gasteiger partial charge in [0.2, 0.25) is 0 Å². The lowest BCUT2D eigenvalue weighted by molar-refractivity contribution is 0.135. The molecule has 1 atom stereocenters. The Kier molecular flexibility index (Phi) is 4.71. The number of rotatable bonds is 1. The Hall–Kier alpha value is -1.40. The van der Waals surface area contributed by atoms with E-state index in [0.29, 0.717) is 13.1 Å². The number of halogens is 1. The SMILES string of the molecule is CC(C)(C)C1CN(C(=O)O)CCc2cc(-c3ncc(Br)s3)ccc21. The number of hydrogen-bond donors (Lipinski definition) is 1. The van der Waals surface area contributed by atoms with Gasteiger partial charge < -0.3 is 10.0 Å². The van der Waals surface area contributed by atoms with E-state index in [2.05, 4.69) is 59.9 Å². The zero-order valence-corrected chi connectivity index (χ0v) is 16.4. The Morgan fingerprint density at radius 2 is 2.17 bits per heavy atom. The van der Waals surface area contributed by atoms with Crippen LogP contribution in [0.3, 0.4) is 0 Å². The van der Waals surface area contributed by atoms with Crippen molar-refractivity contribution in [3.05, 3.63) is 39.3 Å². The fourth-order valence-electron chi connectivity index (χ4n) is 3.26. The van der Waals surface area contributed by atoms with E-state index in [-0.39, 0.29) is 11.3 Å². The molecule has 0 saturated carbocycles. The highest BCUT2D eigenvalue weighted by molar-refractivity contribution is 9.11. The van der Waals surface area contributed by atoms with E-state index in [0.717, 1.165) is 20.8 Å². The molecule has 0 bridgehead atoms. The van der Waals surface area contributed by atoms with Crippen LogP contribution in [0.15, 0.2) is 28.2 Å². The number of nitrogens with zero attached hydrogens (tertiary/aromatic N) is 2. The minimum atomic E-state index is -0.832. The zero-order chi connectivity index (χ0) is 17.5. The molecule has 1 aromatic heterocycles. The van der Waals surface area contributed by atoms with Crippen LogP contribution in [0.25, 0.3) is 10.6 Å². The molecular formula is C18H21BrN2O2S. The van der Waals surface area contributed by atoms with Crippen LogP contribution in [0.5, 0.6) is 0 Å². The van der Waals surface area contributed by atoms with E-state index < -0.39 is 6.09 Å². The van der Waals surface area contributed by atoms with Crippen LogP contribution in [0, 0.1) is 5.41 Å². The normalized spacial score (nSPS) is 18.2. The van der Waals surface area contributed by atoms with Gasteiger partial charge in [-0.1, -0.05) is 32.9 Å². The molecule has 1 amide bonds. The molecule has 0 aliphatic carbocycles. The van der Waals surface area contributed by atoms with Gasteiger partial charge in [0.1, 0.15) is 5.01 Å². The predicted molar refractivity (Wildman–Crippen MR) is 101 cm³/mol. The summed E-state index contributed by atoms with van der Waals surface area (Å²) >= 11 is 5.07. The van der Waals surface area contributed by atoms with Crippen LogP contribution in [0.2, 0.25) is 0 Å². The van der Waals surface area contributed by atoms with Crippen LogP contribution in [-0.2, 0) is 6.42 Å². The highest BCUT2D eigenvalue weighted by atomic mass is 79.9. The second-order valence-electron chi connectivity index (χ2n) is 7.28. The smallest absolute Gasteiger partial charge is 0.407 e. The van der Waals surface area contributed by atoms with E-state index in [4.69, 9.17) is 0 Å². The van der Waals surface area contributed by atoms with Crippen molar-refractivity contribution in [2.45, 2.75) is 33.1 Å². The fourth-order valence-corrected chi connectivity index (χ4v) is 4.47. The molecule has 1 aliphatic rings. The first-order chi connectivity index (χ1) is 11.3. The first-order valence-electron chi connectivity index (χ1n) is 7.98. The topological polar surface area (TPSA) is 53.4 Å². The Labute approximate surface area is 154 Å². The van der Waals surface area contributed by atoms with Gasteiger partial charge >= 0.3 is 6.09 Å². The predicted octanol–water partition coefficient (Wildman–Crippen LogP) is 5.24. The number of thiazole rings is 1. The second-order valence-corrected chi connectivity index (χ2v) is 9.69. The molecule has 1 aliphatic heterocycles. The minimum Gasteiger partial charge on any atom is -0.465 e. The first kappa shape index (κ1) is 17.4. The minimum absolute atomic E-state index is 0.00147. The number of hydrogen-bond acceptors (Lipinski definition) is 3. The number of amides is 1. The Bertz CT molecular complexity index is 767. The van der Waals surface area contributed by atoms with Crippen LogP contribution >= 0.6 is 27.3 Å². The molecule has 128 valence electrons. The molecule has 6 heteroatoms. The highest BCUT2D eigenvalue weighted by Crippen LogP contribution is 2.40. The average Bonchev–Trinajstić information content (AvgIpc) is 2.82. The summed E-state index contributed by atoms with van der Waals surface area (Å²) in [6.45, 7) is 7.63. The van der Waals surface area contributed by atoms with Gasteiger partial charge in [-0.25, -0.2) is 9.78 Å². The van der Waals surface area contributed by atoms with Crippen LogP contribution in [-0.4, -0.2) is 34.2 Å². The van der Waals surface area contributed by atoms with E-state index in [1.807, 2.05) is 6.20 Å². The molecule has 24 heavy (non-hydrogen) atoms. The van der Waals surface area contributed by atoms with Crippen molar-refractivity contribution in [3.8, 4) is 10.6 Å². The third kappa shape index (κ3) is 3.49. The van der Waals surface area contributed by atoms with Crippen LogP contribution in [0.1, 0.15) is 37.8 Å². The maximum atomic E-state index is 11.5. The lowest BCUT2D eigenvalue weighted by Gasteiger charge is -2.33. The summed E-state index contributed by atoms with van der Waals surface area (Å²) in [5.74, 6) is 0.184. The average molecular weight is 409 g/mol. The zero-order valence-electron chi connectivity index (χ0n) is 14.0. The molecule has 1 aromatic carbocycles. The van der Waals surface area contributed by atoms with Gasteiger partial charge in [-0.2, -0.15) is 0 Å². The Morgan fingerprint density at radius 1 is 1.42 bits per heavy atom. The van der Waals surface area contributed by atoms with E-state index >= 15 is 0 Å². The molecular weight excluding hydrogens is 388 g/mol. The third-order valence-electron chi connectivity index (χ3n) is 4.61. The Balaban J connectivity index is 2.04. The number of aromatic nitrogens is 1. The maximum absolute atomic E-state index is 11.5. The van der Waals surface area contributed by atoms with Gasteiger partial charge in [0.25, 0.3) is 0 Å². The summed E-state index contributed by atoms with van der Waals surface area (Å²) in [7, 11) is 0. The highest BCUT2D eigenvalue weighted by Gasteiger charge is 2.33. The summed E-state index contributed by atoms with van der Waals surface area (Å²) in [6.07, 6.45) is 1.73. The fraction of sp³-hybridized carbons (Fsp3) is 0.444. The van der Waals surface area contributed by atoms with Crippen LogP contribution in [0.4, 0.5) is 4.79 Å². The summed E-state index contributed by atoms with van der Waals surface area (Å²) in [5, 5.41) is 10.5. The van der Waals surface area contributed by atoms with Crippen LogP contribution < -0.4 is 0 Å². The molecule has 4 nitrogen and oxygen atoms in total. The van der Waals surface area contributed by atoms with E-state index in [1.54, 1.807) is 16.2 Å². The van der Waals surface area contributed by atoms with Gasteiger partial charge in [-0.05, 0) is 45.0 Å². The largest absolute Gasteiger partial charge is 0.465 e.